The van der Waals surface area contributed by atoms with E-state index in [-0.39, 0.29) is 0 Å². The van der Waals surface area contributed by atoms with Crippen molar-refractivity contribution >= 4 is 11.0 Å². The maximum atomic E-state index is 5.54. The Morgan fingerprint density at radius 1 is 1.08 bits per heavy atom. The van der Waals surface area contributed by atoms with E-state index >= 15 is 0 Å². The van der Waals surface area contributed by atoms with Crippen molar-refractivity contribution in [2.75, 3.05) is 7.11 Å². The number of aromatic nitrogens is 3. The zero-order chi connectivity index (χ0) is 19.4. The Bertz CT molecular complexity index is 894. The van der Waals surface area contributed by atoms with Gasteiger partial charge >= 0.3 is 0 Å². The second kappa shape index (κ2) is 8.35. The van der Waals surface area contributed by atoms with Gasteiger partial charge in [0.25, 0.3) is 0 Å². The van der Waals surface area contributed by atoms with Crippen LogP contribution in [0.15, 0.2) is 24.4 Å². The highest BCUT2D eigenvalue weighted by Crippen LogP contribution is 2.33. The summed E-state index contributed by atoms with van der Waals surface area (Å²) in [6, 6.07) is 6.31. The van der Waals surface area contributed by atoms with Crippen LogP contribution in [0, 0.1) is 13.8 Å². The second-order valence-corrected chi connectivity index (χ2v) is 7.10. The van der Waals surface area contributed by atoms with Crippen molar-refractivity contribution in [2.45, 2.75) is 53.9 Å². The third kappa shape index (κ3) is 3.90. The monoisotopic (exact) mass is 353 g/mol. The quantitative estimate of drug-likeness (QED) is 0.597. The second-order valence-electron chi connectivity index (χ2n) is 7.10. The van der Waals surface area contributed by atoms with Gasteiger partial charge in [-0.05, 0) is 49.1 Å². The van der Waals surface area contributed by atoms with Gasteiger partial charge in [0.05, 0.1) is 29.4 Å². The Morgan fingerprint density at radius 2 is 1.73 bits per heavy atom. The minimum absolute atomic E-state index is 0.367. The van der Waals surface area contributed by atoms with Crippen LogP contribution in [-0.4, -0.2) is 21.6 Å². The Balaban J connectivity index is 0.000000758. The van der Waals surface area contributed by atoms with Crippen LogP contribution in [0.4, 0.5) is 0 Å². The molecule has 0 radical (unpaired) electrons. The highest BCUT2D eigenvalue weighted by Gasteiger charge is 2.16. The van der Waals surface area contributed by atoms with E-state index < -0.39 is 0 Å². The smallest absolute Gasteiger partial charge is 0.222 e. The topological polar surface area (TPSA) is 39.9 Å². The first-order chi connectivity index (χ1) is 12.3. The summed E-state index contributed by atoms with van der Waals surface area (Å²) in [5.74, 6) is 1.01. The first kappa shape index (κ1) is 20.0. The number of aryl methyl sites for hydroxylation is 3. The standard InChI is InChI=1S/C19H23N3O.C3H8/c1-11(2)15-8-7-14(19(20-15)23-6)17-12(3)9-16-18(21-17)13(4)10-22(16)5;1-3-2/h7-11H,1-6H3;3H2,1-2H3. The van der Waals surface area contributed by atoms with Gasteiger partial charge in [-0.1, -0.05) is 34.1 Å². The van der Waals surface area contributed by atoms with Crippen molar-refractivity contribution in [3.8, 4) is 17.1 Å². The summed E-state index contributed by atoms with van der Waals surface area (Å²) in [5, 5.41) is 0. The molecule has 0 saturated heterocycles. The van der Waals surface area contributed by atoms with Gasteiger partial charge in [-0.3, -0.25) is 0 Å². The largest absolute Gasteiger partial charge is 0.480 e. The Morgan fingerprint density at radius 3 is 2.31 bits per heavy atom. The van der Waals surface area contributed by atoms with Crippen molar-refractivity contribution in [2.24, 2.45) is 7.05 Å². The zero-order valence-corrected chi connectivity index (χ0v) is 17.3. The van der Waals surface area contributed by atoms with Crippen LogP contribution in [0.25, 0.3) is 22.3 Å². The van der Waals surface area contributed by atoms with E-state index in [1.807, 2.05) is 0 Å². The average Bonchev–Trinajstić information content (AvgIpc) is 2.87. The molecule has 0 atom stereocenters. The number of hydrogen-bond donors (Lipinski definition) is 0. The molecule has 0 fully saturated rings. The normalized spacial score (nSPS) is 10.8. The zero-order valence-electron chi connectivity index (χ0n) is 17.3. The molecule has 3 aromatic heterocycles. The molecule has 140 valence electrons. The molecule has 0 unspecified atom stereocenters. The van der Waals surface area contributed by atoms with Crippen molar-refractivity contribution < 1.29 is 4.74 Å². The molecule has 0 saturated carbocycles. The number of pyridine rings is 2. The maximum Gasteiger partial charge on any atom is 0.222 e. The fraction of sp³-hybridized carbons (Fsp3) is 0.455. The van der Waals surface area contributed by atoms with Gasteiger partial charge in [0.1, 0.15) is 0 Å². The summed E-state index contributed by atoms with van der Waals surface area (Å²) < 4.78 is 7.65. The van der Waals surface area contributed by atoms with Crippen LogP contribution in [0.5, 0.6) is 5.88 Å². The van der Waals surface area contributed by atoms with Crippen molar-refractivity contribution in [1.29, 1.82) is 0 Å². The predicted octanol–water partition coefficient (Wildman–Crippen LogP) is 5.80. The Kier molecular flexibility index (Phi) is 6.41. The van der Waals surface area contributed by atoms with E-state index in [0.29, 0.717) is 11.8 Å². The molecule has 0 spiro atoms. The van der Waals surface area contributed by atoms with E-state index in [1.54, 1.807) is 7.11 Å². The van der Waals surface area contributed by atoms with Gasteiger partial charge < -0.3 is 9.30 Å². The minimum Gasteiger partial charge on any atom is -0.480 e. The van der Waals surface area contributed by atoms with E-state index in [0.717, 1.165) is 33.5 Å². The fourth-order valence-electron chi connectivity index (χ4n) is 2.96. The highest BCUT2D eigenvalue weighted by atomic mass is 16.5. The minimum atomic E-state index is 0.367. The number of methoxy groups -OCH3 is 1. The molecule has 0 N–H and O–H groups in total. The lowest BCUT2D eigenvalue weighted by Gasteiger charge is -2.13. The highest BCUT2D eigenvalue weighted by molar-refractivity contribution is 5.84. The first-order valence-electron chi connectivity index (χ1n) is 9.32. The number of fused-ring (bicyclic) bond motifs is 1. The SMILES string of the molecule is CCC.COc1nc(C(C)C)ccc1-c1nc2c(C)cn(C)c2cc1C. The molecule has 0 aliphatic rings. The number of hydrogen-bond acceptors (Lipinski definition) is 3. The summed E-state index contributed by atoms with van der Waals surface area (Å²) >= 11 is 0. The van der Waals surface area contributed by atoms with Gasteiger partial charge in [-0.15, -0.1) is 0 Å². The maximum absolute atomic E-state index is 5.54. The summed E-state index contributed by atoms with van der Waals surface area (Å²) in [5.41, 5.74) is 7.38. The molecule has 26 heavy (non-hydrogen) atoms. The molecule has 0 bridgehead atoms. The lowest BCUT2D eigenvalue weighted by atomic mass is 10.0. The molecule has 4 nitrogen and oxygen atoms in total. The van der Waals surface area contributed by atoms with Crippen LogP contribution in [-0.2, 0) is 7.05 Å². The van der Waals surface area contributed by atoms with Crippen LogP contribution in [0.3, 0.4) is 0 Å². The fourth-order valence-corrected chi connectivity index (χ4v) is 2.96. The van der Waals surface area contributed by atoms with Gasteiger partial charge in [-0.25, -0.2) is 9.97 Å². The number of rotatable bonds is 3. The Hall–Kier alpha value is -2.36. The van der Waals surface area contributed by atoms with Crippen molar-refractivity contribution in [3.63, 3.8) is 0 Å². The third-order valence-corrected chi connectivity index (χ3v) is 4.26. The molecular formula is C22H31N3O. The van der Waals surface area contributed by atoms with Gasteiger partial charge in [0.15, 0.2) is 0 Å². The van der Waals surface area contributed by atoms with Gasteiger partial charge in [0.2, 0.25) is 5.88 Å². The molecule has 0 aliphatic carbocycles. The molecular weight excluding hydrogens is 322 g/mol. The number of nitrogens with zero attached hydrogens (tertiary/aromatic N) is 3. The molecule has 3 heterocycles. The first-order valence-corrected chi connectivity index (χ1v) is 9.32. The van der Waals surface area contributed by atoms with E-state index in [4.69, 9.17) is 9.72 Å². The van der Waals surface area contributed by atoms with Crippen LogP contribution in [0.1, 0.15) is 56.9 Å². The van der Waals surface area contributed by atoms with Crippen LogP contribution >= 0.6 is 0 Å². The van der Waals surface area contributed by atoms with Crippen molar-refractivity contribution in [1.82, 2.24) is 14.5 Å². The summed E-state index contributed by atoms with van der Waals surface area (Å²) in [7, 11) is 3.72. The third-order valence-electron chi connectivity index (χ3n) is 4.26. The molecule has 0 aliphatic heterocycles. The summed E-state index contributed by atoms with van der Waals surface area (Å²) in [4.78, 5) is 9.56. The van der Waals surface area contributed by atoms with Gasteiger partial charge in [-0.2, -0.15) is 0 Å². The molecule has 3 rings (SSSR count). The van der Waals surface area contributed by atoms with E-state index in [1.165, 1.54) is 12.0 Å². The molecule has 4 heteroatoms. The number of ether oxygens (including phenoxy) is 1. The molecule has 3 aromatic rings. The van der Waals surface area contributed by atoms with E-state index in [9.17, 15) is 0 Å². The molecule has 0 aromatic carbocycles. The molecule has 0 amide bonds. The van der Waals surface area contributed by atoms with Crippen LogP contribution in [0.2, 0.25) is 0 Å². The van der Waals surface area contributed by atoms with Gasteiger partial charge in [0, 0.05) is 18.9 Å². The predicted molar refractivity (Wildman–Crippen MR) is 110 cm³/mol. The van der Waals surface area contributed by atoms with E-state index in [2.05, 4.69) is 82.5 Å². The van der Waals surface area contributed by atoms with Crippen molar-refractivity contribution in [3.05, 3.63) is 41.2 Å². The Labute approximate surface area is 157 Å². The summed E-state index contributed by atoms with van der Waals surface area (Å²) in [6.45, 7) is 12.7. The summed E-state index contributed by atoms with van der Waals surface area (Å²) in [6.07, 6.45) is 3.36. The average molecular weight is 354 g/mol. The lowest BCUT2D eigenvalue weighted by molar-refractivity contribution is 0.397. The van der Waals surface area contributed by atoms with Crippen LogP contribution < -0.4 is 4.74 Å². The lowest BCUT2D eigenvalue weighted by Crippen LogP contribution is -2.00.